The van der Waals surface area contributed by atoms with E-state index in [4.69, 9.17) is 0 Å². The summed E-state index contributed by atoms with van der Waals surface area (Å²) in [5.74, 6) is 0.669. The van der Waals surface area contributed by atoms with E-state index < -0.39 is 5.41 Å². The third-order valence-corrected chi connectivity index (χ3v) is 5.74. The predicted molar refractivity (Wildman–Crippen MR) is 123 cm³/mol. The minimum atomic E-state index is -0.700. The lowest BCUT2D eigenvalue weighted by molar-refractivity contribution is 0.435. The molecule has 0 atom stereocenters. The van der Waals surface area contributed by atoms with Crippen LogP contribution in [-0.4, -0.2) is 20.4 Å². The first-order valence-corrected chi connectivity index (χ1v) is 10.0. The third-order valence-electron chi connectivity index (χ3n) is 5.74. The SMILES string of the molecule is CC(C)(c1cc(-c2ccc(O)cc2)ccc1O)c1cc(-c2ccc(O)cc2)ccc1O. The average Bonchev–Trinajstić information content (AvgIpc) is 2.75. The number of aromatic hydroxyl groups is 4. The van der Waals surface area contributed by atoms with Gasteiger partial charge in [0.05, 0.1) is 0 Å². The smallest absolute Gasteiger partial charge is 0.119 e. The number of phenols is 4. The second-order valence-electron chi connectivity index (χ2n) is 8.18. The number of hydrogen-bond donors (Lipinski definition) is 4. The van der Waals surface area contributed by atoms with Gasteiger partial charge in [-0.05, 0) is 70.8 Å². The Bertz CT molecular complexity index is 1130. The van der Waals surface area contributed by atoms with E-state index in [1.54, 1.807) is 36.4 Å². The molecule has 0 unspecified atom stereocenters. The fraction of sp³-hybridized carbons (Fsp3) is 0.111. The Balaban J connectivity index is 1.81. The number of hydrogen-bond acceptors (Lipinski definition) is 4. The molecule has 4 nitrogen and oxygen atoms in total. The monoisotopic (exact) mass is 412 g/mol. The van der Waals surface area contributed by atoms with E-state index in [0.29, 0.717) is 11.1 Å². The van der Waals surface area contributed by atoms with E-state index in [2.05, 4.69) is 0 Å². The molecule has 0 saturated heterocycles. The molecule has 0 radical (unpaired) electrons. The highest BCUT2D eigenvalue weighted by atomic mass is 16.3. The van der Waals surface area contributed by atoms with Gasteiger partial charge in [0, 0.05) is 16.5 Å². The zero-order valence-electron chi connectivity index (χ0n) is 17.4. The molecule has 0 fully saturated rings. The summed E-state index contributed by atoms with van der Waals surface area (Å²) in [7, 11) is 0. The van der Waals surface area contributed by atoms with Gasteiger partial charge >= 0.3 is 0 Å². The van der Waals surface area contributed by atoms with Crippen molar-refractivity contribution in [2.45, 2.75) is 19.3 Å². The first-order valence-electron chi connectivity index (χ1n) is 10.0. The van der Waals surface area contributed by atoms with Gasteiger partial charge in [0.2, 0.25) is 0 Å². The maximum absolute atomic E-state index is 10.7. The molecule has 4 rings (SSSR count). The quantitative estimate of drug-likeness (QED) is 0.323. The standard InChI is InChI=1S/C27H24O4/c1-27(2,23-15-19(7-13-25(23)30)17-3-9-21(28)10-4-17)24-16-20(8-14-26(24)31)18-5-11-22(29)12-6-18/h3-16,28-31H,1-2H3. The van der Waals surface area contributed by atoms with E-state index in [1.807, 2.05) is 62.4 Å². The fourth-order valence-corrected chi connectivity index (χ4v) is 3.89. The van der Waals surface area contributed by atoms with E-state index in [-0.39, 0.29) is 23.0 Å². The van der Waals surface area contributed by atoms with Crippen LogP contribution in [0.3, 0.4) is 0 Å². The third kappa shape index (κ3) is 3.92. The van der Waals surface area contributed by atoms with Crippen molar-refractivity contribution in [2.24, 2.45) is 0 Å². The first-order chi connectivity index (χ1) is 14.8. The molecule has 0 amide bonds. The summed E-state index contributed by atoms with van der Waals surface area (Å²) in [5, 5.41) is 40.5. The molecule has 0 bridgehead atoms. The predicted octanol–water partition coefficient (Wildman–Crippen LogP) is 6.17. The van der Waals surface area contributed by atoms with Gasteiger partial charge in [-0.1, -0.05) is 50.2 Å². The molecule has 0 aliphatic carbocycles. The molecule has 31 heavy (non-hydrogen) atoms. The van der Waals surface area contributed by atoms with Gasteiger partial charge in [0.1, 0.15) is 23.0 Å². The Morgan fingerprint density at radius 1 is 0.452 bits per heavy atom. The summed E-state index contributed by atoms with van der Waals surface area (Å²) in [6.07, 6.45) is 0. The number of rotatable bonds is 4. The Morgan fingerprint density at radius 2 is 0.774 bits per heavy atom. The van der Waals surface area contributed by atoms with Gasteiger partial charge in [-0.2, -0.15) is 0 Å². The molecule has 0 aromatic heterocycles. The largest absolute Gasteiger partial charge is 0.508 e. The summed E-state index contributed by atoms with van der Waals surface area (Å²) in [5.41, 5.74) is 4.28. The van der Waals surface area contributed by atoms with Crippen LogP contribution in [0.1, 0.15) is 25.0 Å². The summed E-state index contributed by atoms with van der Waals surface area (Å²) in [4.78, 5) is 0. The van der Waals surface area contributed by atoms with Gasteiger partial charge in [-0.3, -0.25) is 0 Å². The van der Waals surface area contributed by atoms with Crippen LogP contribution in [0.5, 0.6) is 23.0 Å². The molecule has 4 aromatic carbocycles. The molecule has 0 saturated carbocycles. The Hall–Kier alpha value is -3.92. The average molecular weight is 412 g/mol. The van der Waals surface area contributed by atoms with Crippen LogP contribution in [0.15, 0.2) is 84.9 Å². The van der Waals surface area contributed by atoms with Crippen molar-refractivity contribution in [1.82, 2.24) is 0 Å². The van der Waals surface area contributed by atoms with E-state index in [1.165, 1.54) is 0 Å². The molecule has 0 aliphatic heterocycles. The Labute approximate surface area is 181 Å². The second kappa shape index (κ2) is 7.73. The van der Waals surface area contributed by atoms with Crippen LogP contribution in [-0.2, 0) is 5.41 Å². The summed E-state index contributed by atoms with van der Waals surface area (Å²) in [6.45, 7) is 3.91. The molecule has 156 valence electrons. The molecule has 4 N–H and O–H groups in total. The van der Waals surface area contributed by atoms with Gasteiger partial charge in [0.25, 0.3) is 0 Å². The minimum absolute atomic E-state index is 0.141. The van der Waals surface area contributed by atoms with E-state index >= 15 is 0 Å². The highest BCUT2D eigenvalue weighted by Crippen LogP contribution is 2.43. The maximum atomic E-state index is 10.7. The maximum Gasteiger partial charge on any atom is 0.119 e. The molecule has 4 aromatic rings. The van der Waals surface area contributed by atoms with Crippen molar-refractivity contribution in [1.29, 1.82) is 0 Å². The highest BCUT2D eigenvalue weighted by molar-refractivity contribution is 5.70. The van der Waals surface area contributed by atoms with Crippen LogP contribution in [0.2, 0.25) is 0 Å². The van der Waals surface area contributed by atoms with Crippen LogP contribution in [0.4, 0.5) is 0 Å². The lowest BCUT2D eigenvalue weighted by atomic mass is 9.75. The Morgan fingerprint density at radius 3 is 1.13 bits per heavy atom. The van der Waals surface area contributed by atoms with Crippen molar-refractivity contribution < 1.29 is 20.4 Å². The molecule has 0 spiro atoms. The molecular formula is C27H24O4. The van der Waals surface area contributed by atoms with Crippen molar-refractivity contribution in [3.8, 4) is 45.3 Å². The molecule has 0 heterocycles. The summed E-state index contributed by atoms with van der Waals surface area (Å²) in [6, 6.07) is 24.6. The van der Waals surface area contributed by atoms with Crippen molar-refractivity contribution in [3.05, 3.63) is 96.1 Å². The van der Waals surface area contributed by atoms with E-state index in [0.717, 1.165) is 22.3 Å². The highest BCUT2D eigenvalue weighted by Gasteiger charge is 2.29. The summed E-state index contributed by atoms with van der Waals surface area (Å²) < 4.78 is 0. The van der Waals surface area contributed by atoms with Crippen molar-refractivity contribution >= 4 is 0 Å². The van der Waals surface area contributed by atoms with Gasteiger partial charge in [0.15, 0.2) is 0 Å². The Kier molecular flexibility index (Phi) is 5.07. The van der Waals surface area contributed by atoms with Gasteiger partial charge in [-0.15, -0.1) is 0 Å². The zero-order chi connectivity index (χ0) is 22.2. The zero-order valence-corrected chi connectivity index (χ0v) is 17.4. The van der Waals surface area contributed by atoms with Gasteiger partial charge in [-0.25, -0.2) is 0 Å². The van der Waals surface area contributed by atoms with E-state index in [9.17, 15) is 20.4 Å². The topological polar surface area (TPSA) is 80.9 Å². The number of benzene rings is 4. The number of phenolic OH excluding ortho intramolecular Hbond substituents is 4. The lowest BCUT2D eigenvalue weighted by Crippen LogP contribution is -2.19. The van der Waals surface area contributed by atoms with Crippen molar-refractivity contribution in [3.63, 3.8) is 0 Å². The van der Waals surface area contributed by atoms with Crippen LogP contribution in [0, 0.1) is 0 Å². The minimum Gasteiger partial charge on any atom is -0.508 e. The summed E-state index contributed by atoms with van der Waals surface area (Å²) >= 11 is 0. The van der Waals surface area contributed by atoms with Gasteiger partial charge < -0.3 is 20.4 Å². The first kappa shape index (κ1) is 20.4. The fourth-order valence-electron chi connectivity index (χ4n) is 3.89. The van der Waals surface area contributed by atoms with Crippen molar-refractivity contribution in [2.75, 3.05) is 0 Å². The van der Waals surface area contributed by atoms with Crippen LogP contribution in [0.25, 0.3) is 22.3 Å². The molecule has 4 heteroatoms. The lowest BCUT2D eigenvalue weighted by Gasteiger charge is -2.29. The normalized spacial score (nSPS) is 11.4. The molecular weight excluding hydrogens is 388 g/mol. The molecule has 0 aliphatic rings. The van der Waals surface area contributed by atoms with Crippen LogP contribution < -0.4 is 0 Å². The van der Waals surface area contributed by atoms with Crippen LogP contribution >= 0.6 is 0 Å². The second-order valence-corrected chi connectivity index (χ2v) is 8.18.